The van der Waals surface area contributed by atoms with Gasteiger partial charge >= 0.3 is 0 Å². The molecule has 0 saturated carbocycles. The second kappa shape index (κ2) is 8.37. The summed E-state index contributed by atoms with van der Waals surface area (Å²) in [6, 6.07) is 15.5. The number of thiazole rings is 1. The Labute approximate surface area is 152 Å². The van der Waals surface area contributed by atoms with Crippen molar-refractivity contribution in [2.45, 2.75) is 32.7 Å². The van der Waals surface area contributed by atoms with E-state index < -0.39 is 0 Å². The zero-order chi connectivity index (χ0) is 17.6. The van der Waals surface area contributed by atoms with Gasteiger partial charge in [-0.1, -0.05) is 50.2 Å². The summed E-state index contributed by atoms with van der Waals surface area (Å²) in [5.41, 5.74) is 3.58. The van der Waals surface area contributed by atoms with Gasteiger partial charge in [-0.3, -0.25) is 0 Å². The van der Waals surface area contributed by atoms with E-state index in [1.54, 1.807) is 23.5 Å². The molecule has 1 heterocycles. The fourth-order valence-electron chi connectivity index (χ4n) is 2.68. The van der Waals surface area contributed by atoms with E-state index in [4.69, 9.17) is 0 Å². The maximum Gasteiger partial charge on any atom is 0.123 e. The van der Waals surface area contributed by atoms with Crippen molar-refractivity contribution in [3.8, 4) is 10.4 Å². The molecule has 0 radical (unpaired) electrons. The third-order valence-electron chi connectivity index (χ3n) is 4.17. The first kappa shape index (κ1) is 17.8. The smallest absolute Gasteiger partial charge is 0.123 e. The van der Waals surface area contributed by atoms with Crippen LogP contribution in [0.15, 0.2) is 54.7 Å². The monoisotopic (exact) mass is 354 g/mol. The minimum Gasteiger partial charge on any atom is -0.310 e. The van der Waals surface area contributed by atoms with E-state index in [9.17, 15) is 4.39 Å². The first-order chi connectivity index (χ1) is 12.1. The predicted molar refractivity (Wildman–Crippen MR) is 103 cm³/mol. The summed E-state index contributed by atoms with van der Waals surface area (Å²) >= 11 is 1.72. The summed E-state index contributed by atoms with van der Waals surface area (Å²) < 4.78 is 13.1. The Morgan fingerprint density at radius 3 is 2.64 bits per heavy atom. The van der Waals surface area contributed by atoms with Crippen molar-refractivity contribution in [1.29, 1.82) is 0 Å². The molecule has 0 aliphatic rings. The normalized spacial score (nSPS) is 11.2. The van der Waals surface area contributed by atoms with Gasteiger partial charge in [0.1, 0.15) is 10.8 Å². The molecule has 3 rings (SSSR count). The van der Waals surface area contributed by atoms with E-state index in [-0.39, 0.29) is 5.82 Å². The van der Waals surface area contributed by atoms with Crippen molar-refractivity contribution >= 4 is 11.3 Å². The molecule has 2 aromatic carbocycles. The van der Waals surface area contributed by atoms with Gasteiger partial charge in [0.25, 0.3) is 0 Å². The van der Waals surface area contributed by atoms with E-state index in [1.807, 2.05) is 12.3 Å². The molecule has 0 aliphatic heterocycles. The average Bonchev–Trinajstić information content (AvgIpc) is 3.08. The highest BCUT2D eigenvalue weighted by Crippen LogP contribution is 2.27. The lowest BCUT2D eigenvalue weighted by molar-refractivity contribution is 0.622. The molecule has 0 spiro atoms. The third-order valence-corrected chi connectivity index (χ3v) is 5.22. The van der Waals surface area contributed by atoms with Crippen LogP contribution < -0.4 is 5.32 Å². The molecule has 1 aromatic heterocycles. The topological polar surface area (TPSA) is 24.9 Å². The zero-order valence-electron chi connectivity index (χ0n) is 14.6. The van der Waals surface area contributed by atoms with Gasteiger partial charge in [0.2, 0.25) is 0 Å². The van der Waals surface area contributed by atoms with Crippen LogP contribution in [0.3, 0.4) is 0 Å². The Balaban J connectivity index is 1.51. The van der Waals surface area contributed by atoms with Crippen LogP contribution >= 0.6 is 11.3 Å². The molecule has 0 fully saturated rings. The van der Waals surface area contributed by atoms with Crippen molar-refractivity contribution in [1.82, 2.24) is 10.3 Å². The molecule has 0 amide bonds. The maximum atomic E-state index is 13.1. The summed E-state index contributed by atoms with van der Waals surface area (Å²) in [6.07, 6.45) is 2.76. The molecular weight excluding hydrogens is 331 g/mol. The Bertz CT molecular complexity index is 809. The van der Waals surface area contributed by atoms with Gasteiger partial charge in [-0.15, -0.1) is 11.3 Å². The molecule has 130 valence electrons. The van der Waals surface area contributed by atoms with Crippen LogP contribution in [0.25, 0.3) is 10.4 Å². The minimum absolute atomic E-state index is 0.175. The first-order valence-electron chi connectivity index (χ1n) is 8.62. The fourth-order valence-corrected chi connectivity index (χ4v) is 3.57. The number of nitrogens with one attached hydrogen (secondary N) is 1. The number of hydrogen-bond donors (Lipinski definition) is 1. The molecule has 0 saturated heterocycles. The second-order valence-corrected chi connectivity index (χ2v) is 7.57. The van der Waals surface area contributed by atoms with Gasteiger partial charge < -0.3 is 5.32 Å². The van der Waals surface area contributed by atoms with E-state index in [0.717, 1.165) is 30.1 Å². The first-order valence-corrected chi connectivity index (χ1v) is 9.43. The molecule has 0 unspecified atom stereocenters. The van der Waals surface area contributed by atoms with E-state index >= 15 is 0 Å². The number of hydrogen-bond acceptors (Lipinski definition) is 3. The van der Waals surface area contributed by atoms with Crippen LogP contribution in [-0.2, 0) is 13.0 Å². The summed E-state index contributed by atoms with van der Waals surface area (Å²) in [7, 11) is 0. The summed E-state index contributed by atoms with van der Waals surface area (Å²) in [5.74, 6) is 0.374. The van der Waals surface area contributed by atoms with Crippen molar-refractivity contribution in [2.75, 3.05) is 6.54 Å². The number of rotatable bonds is 7. The Kier molecular flexibility index (Phi) is 5.95. The third kappa shape index (κ3) is 4.97. The van der Waals surface area contributed by atoms with E-state index in [2.05, 4.69) is 48.4 Å². The highest BCUT2D eigenvalue weighted by atomic mass is 32.1. The molecular formula is C21H23FN2S. The van der Waals surface area contributed by atoms with Gasteiger partial charge in [0.05, 0.1) is 4.88 Å². The van der Waals surface area contributed by atoms with Gasteiger partial charge in [-0.05, 0) is 47.7 Å². The number of nitrogens with zero attached hydrogens (tertiary/aromatic N) is 1. The highest BCUT2D eigenvalue weighted by molar-refractivity contribution is 7.15. The Hall–Kier alpha value is -2.04. The van der Waals surface area contributed by atoms with Crippen molar-refractivity contribution in [3.63, 3.8) is 0 Å². The molecule has 1 N–H and O–H groups in total. The van der Waals surface area contributed by atoms with Gasteiger partial charge in [-0.2, -0.15) is 0 Å². The Morgan fingerprint density at radius 2 is 1.92 bits per heavy atom. The lowest BCUT2D eigenvalue weighted by Crippen LogP contribution is -2.16. The minimum atomic E-state index is -0.175. The summed E-state index contributed by atoms with van der Waals surface area (Å²) in [6.45, 7) is 5.95. The van der Waals surface area contributed by atoms with Crippen LogP contribution in [0.2, 0.25) is 0 Å². The number of benzene rings is 2. The largest absolute Gasteiger partial charge is 0.310 e. The van der Waals surface area contributed by atoms with Crippen molar-refractivity contribution < 1.29 is 4.39 Å². The molecule has 2 nitrogen and oxygen atoms in total. The van der Waals surface area contributed by atoms with Crippen molar-refractivity contribution in [2.24, 2.45) is 0 Å². The van der Waals surface area contributed by atoms with Gasteiger partial charge in [0, 0.05) is 12.7 Å². The SMILES string of the molecule is CC(C)c1ccc(-c2cnc(CNCCc3cccc(F)c3)s2)cc1. The second-order valence-electron chi connectivity index (χ2n) is 6.45. The van der Waals surface area contributed by atoms with E-state index in [1.165, 1.54) is 22.1 Å². The van der Waals surface area contributed by atoms with Crippen LogP contribution in [-0.4, -0.2) is 11.5 Å². The summed E-state index contributed by atoms with van der Waals surface area (Å²) in [5, 5.41) is 4.46. The molecule has 25 heavy (non-hydrogen) atoms. The predicted octanol–water partition coefficient (Wildman–Crippen LogP) is 5.40. The highest BCUT2D eigenvalue weighted by Gasteiger charge is 2.06. The van der Waals surface area contributed by atoms with Crippen LogP contribution in [0.5, 0.6) is 0 Å². The fraction of sp³-hybridized carbons (Fsp3) is 0.286. The summed E-state index contributed by atoms with van der Waals surface area (Å²) in [4.78, 5) is 5.70. The van der Waals surface area contributed by atoms with Crippen molar-refractivity contribution in [3.05, 3.63) is 76.7 Å². The average molecular weight is 354 g/mol. The number of aromatic nitrogens is 1. The lowest BCUT2D eigenvalue weighted by atomic mass is 10.0. The standard InChI is InChI=1S/C21H23FN2S/c1-15(2)17-6-8-18(9-7-17)20-13-24-21(25-20)14-23-11-10-16-4-3-5-19(22)12-16/h3-9,12-13,15,23H,10-11,14H2,1-2H3. The molecule has 0 aliphatic carbocycles. The zero-order valence-corrected chi connectivity index (χ0v) is 15.4. The lowest BCUT2D eigenvalue weighted by Gasteiger charge is -2.05. The van der Waals surface area contributed by atoms with Crippen LogP contribution in [0.1, 0.15) is 35.9 Å². The molecule has 4 heteroatoms. The molecule has 0 bridgehead atoms. The quantitative estimate of drug-likeness (QED) is 0.574. The van der Waals surface area contributed by atoms with Crippen LogP contribution in [0.4, 0.5) is 4.39 Å². The van der Waals surface area contributed by atoms with Gasteiger partial charge in [0.15, 0.2) is 0 Å². The Morgan fingerprint density at radius 1 is 1.12 bits per heavy atom. The molecule has 0 atom stereocenters. The maximum absolute atomic E-state index is 13.1. The molecule has 3 aromatic rings. The van der Waals surface area contributed by atoms with Gasteiger partial charge in [-0.25, -0.2) is 9.37 Å². The van der Waals surface area contributed by atoms with Crippen LogP contribution in [0, 0.1) is 5.82 Å². The van der Waals surface area contributed by atoms with E-state index in [0.29, 0.717) is 5.92 Å². The number of halogens is 1.